The van der Waals surface area contributed by atoms with E-state index in [1.54, 1.807) is 6.92 Å². The molecule has 0 saturated carbocycles. The molecule has 6 heterocycles. The second kappa shape index (κ2) is 7.08. The van der Waals surface area contributed by atoms with E-state index in [4.69, 9.17) is 28.4 Å². The van der Waals surface area contributed by atoms with Crippen LogP contribution in [0.4, 0.5) is 0 Å². The largest absolute Gasteiger partial charge is 0.478 e. The number of ketones is 2. The zero-order valence-corrected chi connectivity index (χ0v) is 18.3. The van der Waals surface area contributed by atoms with Gasteiger partial charge < -0.3 is 28.4 Å². The second-order valence-corrected chi connectivity index (χ2v) is 7.70. The number of carbonyl (C=O) groups is 2. The highest BCUT2D eigenvalue weighted by molar-refractivity contribution is 6.03. The minimum absolute atomic E-state index is 0.0209. The Morgan fingerprint density at radius 3 is 1.30 bits per heavy atom. The lowest BCUT2D eigenvalue weighted by Gasteiger charge is -2.42. The molecule has 3 atom stereocenters. The summed E-state index contributed by atoms with van der Waals surface area (Å²) in [4.78, 5) is 45.6. The van der Waals surface area contributed by atoms with Crippen molar-refractivity contribution in [1.29, 1.82) is 0 Å². The van der Waals surface area contributed by atoms with Gasteiger partial charge in [-0.2, -0.15) is 0 Å². The van der Waals surface area contributed by atoms with Gasteiger partial charge in [0, 0.05) is 13.3 Å². The standard InChI is InChI=1S/C11H10N4O5.C8H10N2O3/c1-5(16)3-7-13-11(18-7)15-9(20-11)4-8-14-10(19-8)12-6(2)17-10;1-3-6-9-8(12-6)10-7(13-8)4-5(2)11/h3-4H2,1-2H3;3-4H2,1-2H3. The number of hydrogen-bond acceptors (Lipinski definition) is 14. The van der Waals surface area contributed by atoms with Gasteiger partial charge >= 0.3 is 18.1 Å². The van der Waals surface area contributed by atoms with Crippen LogP contribution in [0, 0.1) is 0 Å². The molecule has 0 bridgehead atoms. The van der Waals surface area contributed by atoms with E-state index in [9.17, 15) is 9.59 Å². The number of rotatable bonds is 7. The van der Waals surface area contributed by atoms with Crippen molar-refractivity contribution in [1.82, 2.24) is 0 Å². The van der Waals surface area contributed by atoms with E-state index in [-0.39, 0.29) is 24.4 Å². The van der Waals surface area contributed by atoms with Crippen molar-refractivity contribution in [2.24, 2.45) is 30.0 Å². The quantitative estimate of drug-likeness (QED) is 0.546. The van der Waals surface area contributed by atoms with Crippen LogP contribution in [-0.2, 0) is 38.0 Å². The molecular formula is C19H20N6O8. The summed E-state index contributed by atoms with van der Waals surface area (Å²) < 4.78 is 31.2. The highest BCUT2D eigenvalue weighted by Gasteiger charge is 2.56. The highest BCUT2D eigenvalue weighted by atomic mass is 16.8. The first-order valence-corrected chi connectivity index (χ1v) is 10.2. The Morgan fingerprint density at radius 1 is 0.636 bits per heavy atom. The van der Waals surface area contributed by atoms with E-state index in [1.165, 1.54) is 13.8 Å². The third-order valence-corrected chi connectivity index (χ3v) is 4.57. The molecule has 3 unspecified atom stereocenters. The lowest BCUT2D eigenvalue weighted by molar-refractivity contribution is -0.194. The van der Waals surface area contributed by atoms with Crippen LogP contribution < -0.4 is 0 Å². The van der Waals surface area contributed by atoms with Crippen molar-refractivity contribution < 1.29 is 38.0 Å². The molecule has 6 rings (SSSR count). The van der Waals surface area contributed by atoms with E-state index < -0.39 is 18.1 Å². The zero-order chi connectivity index (χ0) is 23.4. The van der Waals surface area contributed by atoms with Crippen LogP contribution in [-0.4, -0.2) is 65.1 Å². The molecule has 174 valence electrons. The molecule has 0 aliphatic carbocycles. The normalized spacial score (nSPS) is 32.8. The molecular weight excluding hydrogens is 440 g/mol. The van der Waals surface area contributed by atoms with Crippen molar-refractivity contribution in [2.45, 2.75) is 71.5 Å². The summed E-state index contributed by atoms with van der Waals surface area (Å²) >= 11 is 0. The van der Waals surface area contributed by atoms with Gasteiger partial charge in [0.1, 0.15) is 18.0 Å². The molecule has 0 aromatic rings. The molecule has 0 N–H and O–H groups in total. The molecule has 3 spiro atoms. The zero-order valence-electron chi connectivity index (χ0n) is 18.3. The van der Waals surface area contributed by atoms with Crippen LogP contribution in [0.5, 0.6) is 0 Å². The molecule has 0 saturated heterocycles. The maximum absolute atomic E-state index is 10.8. The monoisotopic (exact) mass is 460 g/mol. The fraction of sp³-hybridized carbons (Fsp3) is 0.579. The number of aliphatic imine (C=N–C) groups is 6. The highest BCUT2D eigenvalue weighted by Crippen LogP contribution is 2.39. The van der Waals surface area contributed by atoms with Gasteiger partial charge in [-0.05, 0) is 13.8 Å². The van der Waals surface area contributed by atoms with Crippen LogP contribution in [0.25, 0.3) is 0 Å². The summed E-state index contributed by atoms with van der Waals surface area (Å²) in [5, 5.41) is 0. The van der Waals surface area contributed by atoms with E-state index in [1.807, 2.05) is 6.92 Å². The van der Waals surface area contributed by atoms with Gasteiger partial charge in [-0.1, -0.05) is 6.92 Å². The number of nitrogens with zero attached hydrogens (tertiary/aromatic N) is 6. The van der Waals surface area contributed by atoms with Crippen molar-refractivity contribution in [3.05, 3.63) is 0 Å². The topological polar surface area (TPSA) is 164 Å². The summed E-state index contributed by atoms with van der Waals surface area (Å²) in [5.41, 5.74) is 0. The van der Waals surface area contributed by atoms with Gasteiger partial charge in [-0.15, -0.1) is 30.0 Å². The third-order valence-electron chi connectivity index (χ3n) is 4.57. The van der Waals surface area contributed by atoms with Crippen molar-refractivity contribution >= 4 is 47.0 Å². The Hall–Kier alpha value is -3.84. The summed E-state index contributed by atoms with van der Waals surface area (Å²) in [6, 6.07) is -3.53. The predicted molar refractivity (Wildman–Crippen MR) is 110 cm³/mol. The predicted octanol–water partition coefficient (Wildman–Crippen LogP) is 1.16. The first kappa shape index (κ1) is 21.0. The lowest BCUT2D eigenvalue weighted by atomic mass is 10.3. The molecule has 0 amide bonds. The number of Topliss-reactive ketones (excluding diaryl/α,β-unsaturated/α-hetero) is 2. The molecule has 6 aliphatic rings. The van der Waals surface area contributed by atoms with E-state index in [0.717, 1.165) is 6.42 Å². The Morgan fingerprint density at radius 2 is 0.970 bits per heavy atom. The fourth-order valence-corrected chi connectivity index (χ4v) is 3.27. The average molecular weight is 460 g/mol. The first-order valence-electron chi connectivity index (χ1n) is 10.2. The van der Waals surface area contributed by atoms with E-state index in [2.05, 4.69) is 30.0 Å². The minimum atomic E-state index is -1.27. The Bertz CT molecular complexity index is 1140. The molecule has 0 aromatic carbocycles. The minimum Gasteiger partial charge on any atom is -0.402 e. The van der Waals surface area contributed by atoms with Crippen LogP contribution in [0.2, 0.25) is 0 Å². The first-order chi connectivity index (χ1) is 15.6. The van der Waals surface area contributed by atoms with Gasteiger partial charge in [-0.25, -0.2) is 0 Å². The van der Waals surface area contributed by atoms with Crippen molar-refractivity contribution in [2.75, 3.05) is 0 Å². The smallest absolute Gasteiger partial charge is 0.402 e. The fourth-order valence-electron chi connectivity index (χ4n) is 3.27. The Balaban J connectivity index is 0.000000152. The third kappa shape index (κ3) is 3.91. The number of carbonyl (C=O) groups excluding carboxylic acids is 2. The van der Waals surface area contributed by atoms with E-state index in [0.29, 0.717) is 41.8 Å². The molecule has 6 aliphatic heterocycles. The van der Waals surface area contributed by atoms with Gasteiger partial charge in [-0.3, -0.25) is 9.59 Å². The van der Waals surface area contributed by atoms with Gasteiger partial charge in [0.2, 0.25) is 29.5 Å². The van der Waals surface area contributed by atoms with Gasteiger partial charge in [0.25, 0.3) is 0 Å². The Kier molecular flexibility index (Phi) is 4.51. The van der Waals surface area contributed by atoms with E-state index >= 15 is 0 Å². The molecule has 33 heavy (non-hydrogen) atoms. The van der Waals surface area contributed by atoms with Crippen LogP contribution in [0.1, 0.15) is 53.4 Å². The van der Waals surface area contributed by atoms with Gasteiger partial charge in [0.15, 0.2) is 5.90 Å². The molecule has 0 radical (unpaired) electrons. The molecule has 0 fully saturated rings. The summed E-state index contributed by atoms with van der Waals surface area (Å²) in [6.07, 6.45) is 1.41. The number of ether oxygens (including phenoxy) is 6. The maximum Gasteiger partial charge on any atom is 0.478 e. The summed E-state index contributed by atoms with van der Waals surface area (Å²) in [5.74, 6) is 2.76. The molecule has 14 heteroatoms. The summed E-state index contributed by atoms with van der Waals surface area (Å²) in [7, 11) is 0. The number of hydrogen-bond donors (Lipinski definition) is 0. The van der Waals surface area contributed by atoms with Gasteiger partial charge in [0.05, 0.1) is 12.8 Å². The molecule has 14 nitrogen and oxygen atoms in total. The van der Waals surface area contributed by atoms with Crippen molar-refractivity contribution in [3.8, 4) is 0 Å². The summed E-state index contributed by atoms with van der Waals surface area (Å²) in [6.45, 7) is 6.60. The van der Waals surface area contributed by atoms with Crippen LogP contribution in [0.15, 0.2) is 30.0 Å². The second-order valence-electron chi connectivity index (χ2n) is 7.70. The van der Waals surface area contributed by atoms with Crippen molar-refractivity contribution in [3.63, 3.8) is 0 Å². The average Bonchev–Trinajstić information content (AvgIpc) is 2.55. The maximum atomic E-state index is 10.8. The van der Waals surface area contributed by atoms with Crippen LogP contribution in [0.3, 0.4) is 0 Å². The lowest BCUT2D eigenvalue weighted by Crippen LogP contribution is -2.55. The molecule has 0 aromatic heterocycles. The Labute approximate surface area is 187 Å². The van der Waals surface area contributed by atoms with Crippen LogP contribution >= 0.6 is 0 Å². The SMILES string of the molecule is CC(=O)CC1=NC2(N=C(CC3=NC4(N=C(C)O4)O3)O2)O1.CCC1=NC2(N=C(CC(C)=O)O2)O1.